The fraction of sp³-hybridized carbons (Fsp3) is 0.292. The molecule has 1 aromatic heterocycles. The van der Waals surface area contributed by atoms with Crippen LogP contribution in [0.2, 0.25) is 0 Å². The van der Waals surface area contributed by atoms with Crippen LogP contribution in [0.1, 0.15) is 36.8 Å². The van der Waals surface area contributed by atoms with Gasteiger partial charge in [-0.05, 0) is 49.2 Å². The van der Waals surface area contributed by atoms with Crippen molar-refractivity contribution in [2.24, 2.45) is 0 Å². The van der Waals surface area contributed by atoms with Crippen molar-refractivity contribution in [3.05, 3.63) is 78.2 Å². The minimum atomic E-state index is 0.388. The van der Waals surface area contributed by atoms with E-state index >= 15 is 0 Å². The molecule has 0 amide bonds. The largest absolute Gasteiger partial charge is 0.457 e. The second kappa shape index (κ2) is 7.97. The van der Waals surface area contributed by atoms with Crippen molar-refractivity contribution in [1.29, 1.82) is 5.41 Å². The molecular formula is C24H27N5O+2. The molecular weight excluding hydrogens is 374 g/mol. The Balaban J connectivity index is 1.30. The zero-order valence-electron chi connectivity index (χ0n) is 16.9. The van der Waals surface area contributed by atoms with E-state index in [1.54, 1.807) is 12.5 Å². The normalized spacial score (nSPS) is 22.6. The average Bonchev–Trinajstić information content (AvgIpc) is 3.45. The van der Waals surface area contributed by atoms with Gasteiger partial charge in [0.25, 0.3) is 0 Å². The second-order valence-electron chi connectivity index (χ2n) is 8.30. The number of nitrogens with one attached hydrogen (secondary N) is 1. The van der Waals surface area contributed by atoms with Gasteiger partial charge in [-0.25, -0.2) is 4.98 Å². The van der Waals surface area contributed by atoms with E-state index in [9.17, 15) is 0 Å². The van der Waals surface area contributed by atoms with Crippen molar-refractivity contribution in [2.45, 2.75) is 37.3 Å². The number of piperidine rings is 1. The average molecular weight is 402 g/mol. The quantitative estimate of drug-likeness (QED) is 0.553. The van der Waals surface area contributed by atoms with Crippen LogP contribution >= 0.6 is 0 Å². The van der Waals surface area contributed by atoms with Gasteiger partial charge in [0.2, 0.25) is 5.82 Å². The van der Waals surface area contributed by atoms with Crippen LogP contribution in [0.15, 0.2) is 67.1 Å². The summed E-state index contributed by atoms with van der Waals surface area (Å²) in [5.41, 5.74) is 2.44. The Morgan fingerprint density at radius 1 is 1.07 bits per heavy atom. The molecule has 0 bridgehead atoms. The van der Waals surface area contributed by atoms with Crippen molar-refractivity contribution >= 4 is 11.5 Å². The number of benzene rings is 2. The Hall–Kier alpha value is -3.09. The third-order valence-electron chi connectivity index (χ3n) is 6.32. The number of aromatic nitrogens is 2. The lowest BCUT2D eigenvalue weighted by molar-refractivity contribution is -0.739. The number of hydrogen-bond acceptors (Lipinski definition) is 4. The van der Waals surface area contributed by atoms with Crippen molar-refractivity contribution in [3.63, 3.8) is 0 Å². The first-order valence-electron chi connectivity index (χ1n) is 10.7. The predicted molar refractivity (Wildman–Crippen MR) is 114 cm³/mol. The van der Waals surface area contributed by atoms with Crippen LogP contribution in [0.5, 0.6) is 11.5 Å². The highest BCUT2D eigenvalue weighted by molar-refractivity contribution is 6.12. The smallest absolute Gasteiger partial charge is 0.237 e. The third kappa shape index (κ3) is 3.84. The Morgan fingerprint density at radius 3 is 2.63 bits per heavy atom. The van der Waals surface area contributed by atoms with Gasteiger partial charge in [0.05, 0.1) is 18.7 Å². The zero-order valence-corrected chi connectivity index (χ0v) is 16.9. The van der Waals surface area contributed by atoms with Crippen molar-refractivity contribution in [3.8, 4) is 11.5 Å². The van der Waals surface area contributed by atoms with Gasteiger partial charge in [0.15, 0.2) is 11.6 Å². The van der Waals surface area contributed by atoms with Gasteiger partial charge in [0, 0.05) is 18.2 Å². The molecule has 152 valence electrons. The summed E-state index contributed by atoms with van der Waals surface area (Å²) in [6.45, 7) is 1.23. The van der Waals surface area contributed by atoms with Gasteiger partial charge in [-0.3, -0.25) is 10.7 Å². The number of para-hydroxylation sites is 1. The fourth-order valence-corrected chi connectivity index (χ4v) is 4.51. The highest BCUT2D eigenvalue weighted by Gasteiger charge is 2.63. The van der Waals surface area contributed by atoms with Crippen LogP contribution in [0.4, 0.5) is 5.82 Å². The second-order valence-corrected chi connectivity index (χ2v) is 8.30. The molecule has 3 aromatic rings. The molecule has 1 spiro atoms. The SMILES string of the molecule is N=C(c1ccc(Oc2ccccc2)cc1)c1cncnc1[NH2+][C@H]1CC12CCCC[NH2+]2. The molecule has 1 saturated heterocycles. The minimum absolute atomic E-state index is 0.388. The molecule has 0 radical (unpaired) electrons. The maximum absolute atomic E-state index is 8.76. The molecule has 2 heterocycles. The summed E-state index contributed by atoms with van der Waals surface area (Å²) in [4.78, 5) is 8.70. The monoisotopic (exact) mass is 401 g/mol. The van der Waals surface area contributed by atoms with E-state index in [0.29, 0.717) is 17.3 Å². The fourth-order valence-electron chi connectivity index (χ4n) is 4.51. The first-order valence-corrected chi connectivity index (χ1v) is 10.7. The third-order valence-corrected chi connectivity index (χ3v) is 6.32. The zero-order chi connectivity index (χ0) is 20.4. The lowest BCUT2D eigenvalue weighted by atomic mass is 10.0. The van der Waals surface area contributed by atoms with Gasteiger partial charge in [-0.1, -0.05) is 18.2 Å². The summed E-state index contributed by atoms with van der Waals surface area (Å²) in [6.07, 6.45) is 8.49. The molecule has 1 aliphatic heterocycles. The molecule has 5 rings (SSSR count). The molecule has 2 atom stereocenters. The Bertz CT molecular complexity index is 1030. The highest BCUT2D eigenvalue weighted by Crippen LogP contribution is 2.36. The van der Waals surface area contributed by atoms with E-state index in [4.69, 9.17) is 10.1 Å². The van der Waals surface area contributed by atoms with Gasteiger partial charge in [0.1, 0.15) is 23.4 Å². The van der Waals surface area contributed by atoms with Crippen molar-refractivity contribution in [2.75, 3.05) is 6.54 Å². The standard InChI is InChI=1S/C24H25N5O/c25-22(17-8-10-19(11-9-17)30-18-6-2-1-3-7-18)20-15-26-16-27-23(20)29-21-14-24(21)12-4-5-13-28-24/h1-3,6-11,15-16,21,25,28H,4-5,12-14H2,(H,26,27,29)/p+2/t21-,24?/m0/s1. The summed E-state index contributed by atoms with van der Waals surface area (Å²) in [5, 5.41) is 13.5. The number of nitrogens with zero attached hydrogens (tertiary/aromatic N) is 2. The van der Waals surface area contributed by atoms with Gasteiger partial charge in [-0.2, -0.15) is 4.98 Å². The number of ether oxygens (including phenoxy) is 1. The number of quaternary nitrogens is 2. The van der Waals surface area contributed by atoms with Crippen LogP contribution in [0.3, 0.4) is 0 Å². The van der Waals surface area contributed by atoms with Crippen LogP contribution in [0, 0.1) is 5.41 Å². The molecule has 1 aliphatic carbocycles. The van der Waals surface area contributed by atoms with Gasteiger partial charge < -0.3 is 10.1 Å². The summed E-state index contributed by atoms with van der Waals surface area (Å²) < 4.78 is 5.86. The van der Waals surface area contributed by atoms with E-state index in [-0.39, 0.29) is 0 Å². The minimum Gasteiger partial charge on any atom is -0.457 e. The lowest BCUT2D eigenvalue weighted by Crippen LogP contribution is -2.99. The first-order chi connectivity index (χ1) is 14.7. The molecule has 2 fully saturated rings. The number of rotatable bonds is 6. The Morgan fingerprint density at radius 2 is 1.87 bits per heavy atom. The molecule has 30 heavy (non-hydrogen) atoms. The van der Waals surface area contributed by atoms with Gasteiger partial charge >= 0.3 is 0 Å². The molecule has 1 saturated carbocycles. The van der Waals surface area contributed by atoms with E-state index in [1.165, 1.54) is 32.2 Å². The molecule has 1 unspecified atom stereocenters. The molecule has 6 nitrogen and oxygen atoms in total. The van der Waals surface area contributed by atoms with E-state index in [2.05, 4.69) is 20.6 Å². The molecule has 6 heteroatoms. The lowest BCUT2D eigenvalue weighted by Gasteiger charge is -2.19. The molecule has 2 aliphatic rings. The number of hydrogen-bond donors (Lipinski definition) is 3. The predicted octanol–water partition coefficient (Wildman–Crippen LogP) is 2.14. The molecule has 2 aromatic carbocycles. The van der Waals surface area contributed by atoms with Crippen LogP contribution in [0.25, 0.3) is 0 Å². The summed E-state index contributed by atoms with van der Waals surface area (Å²) >= 11 is 0. The summed E-state index contributed by atoms with van der Waals surface area (Å²) in [7, 11) is 0. The topological polar surface area (TPSA) is 92.1 Å². The van der Waals surface area contributed by atoms with Crippen molar-refractivity contribution < 1.29 is 15.4 Å². The number of nitrogens with two attached hydrogens (primary N) is 2. The summed E-state index contributed by atoms with van der Waals surface area (Å²) in [5.74, 6) is 2.42. The Labute approximate surface area is 176 Å². The van der Waals surface area contributed by atoms with Crippen LogP contribution in [-0.2, 0) is 0 Å². The first kappa shape index (κ1) is 18.9. The van der Waals surface area contributed by atoms with E-state index in [0.717, 1.165) is 28.4 Å². The highest BCUT2D eigenvalue weighted by atomic mass is 16.5. The maximum Gasteiger partial charge on any atom is 0.237 e. The summed E-state index contributed by atoms with van der Waals surface area (Å²) in [6, 6.07) is 17.9. The van der Waals surface area contributed by atoms with Crippen LogP contribution in [-0.4, -0.2) is 33.8 Å². The molecule has 5 N–H and O–H groups in total. The van der Waals surface area contributed by atoms with E-state index < -0.39 is 0 Å². The van der Waals surface area contributed by atoms with Crippen LogP contribution < -0.4 is 15.4 Å². The Kier molecular flexibility index (Phi) is 5.02. The van der Waals surface area contributed by atoms with E-state index in [1.807, 2.05) is 54.6 Å². The maximum atomic E-state index is 8.76. The van der Waals surface area contributed by atoms with Crippen molar-refractivity contribution in [1.82, 2.24) is 9.97 Å². The van der Waals surface area contributed by atoms with Gasteiger partial charge in [-0.15, -0.1) is 0 Å².